The van der Waals surface area contributed by atoms with Crippen molar-refractivity contribution in [2.24, 2.45) is 5.92 Å². The van der Waals surface area contributed by atoms with Crippen molar-refractivity contribution in [1.82, 2.24) is 10.2 Å². The largest absolute Gasteiger partial charge is 0.379 e. The zero-order valence-electron chi connectivity index (χ0n) is 16.5. The number of hydrogen-bond acceptors (Lipinski definition) is 4. The van der Waals surface area contributed by atoms with Crippen molar-refractivity contribution < 1.29 is 14.3 Å². The first-order valence-electron chi connectivity index (χ1n) is 10.3. The van der Waals surface area contributed by atoms with Crippen molar-refractivity contribution in [1.29, 1.82) is 0 Å². The number of carbonyl (C=O) groups excluding carboxylic acids is 2. The van der Waals surface area contributed by atoms with Crippen LogP contribution in [0.4, 0.5) is 5.69 Å². The quantitative estimate of drug-likeness (QED) is 0.759. The van der Waals surface area contributed by atoms with E-state index >= 15 is 0 Å². The van der Waals surface area contributed by atoms with E-state index in [0.29, 0.717) is 11.3 Å². The van der Waals surface area contributed by atoms with E-state index in [1.54, 1.807) is 18.2 Å². The molecule has 2 aromatic rings. The van der Waals surface area contributed by atoms with Crippen LogP contribution in [0.25, 0.3) is 0 Å². The maximum atomic E-state index is 13.0. The van der Waals surface area contributed by atoms with Gasteiger partial charge in [-0.3, -0.25) is 14.5 Å². The van der Waals surface area contributed by atoms with Gasteiger partial charge in [0, 0.05) is 36.8 Å². The van der Waals surface area contributed by atoms with E-state index in [1.807, 2.05) is 36.4 Å². The van der Waals surface area contributed by atoms with Crippen LogP contribution in [0.3, 0.4) is 0 Å². The molecule has 0 bridgehead atoms. The van der Waals surface area contributed by atoms with Crippen LogP contribution in [0.1, 0.15) is 34.8 Å². The summed E-state index contributed by atoms with van der Waals surface area (Å²) in [5, 5.41) is 6.09. The minimum absolute atomic E-state index is 0.0389. The molecule has 2 fully saturated rings. The highest BCUT2D eigenvalue weighted by Crippen LogP contribution is 2.30. The Kier molecular flexibility index (Phi) is 6.22. The maximum absolute atomic E-state index is 13.0. The molecule has 4 rings (SSSR count). The lowest BCUT2D eigenvalue weighted by atomic mass is 10.0. The first-order valence-corrected chi connectivity index (χ1v) is 10.3. The van der Waals surface area contributed by atoms with Crippen molar-refractivity contribution in [3.05, 3.63) is 65.7 Å². The first kappa shape index (κ1) is 19.6. The fourth-order valence-electron chi connectivity index (χ4n) is 3.53. The van der Waals surface area contributed by atoms with Gasteiger partial charge in [0.2, 0.25) is 5.91 Å². The summed E-state index contributed by atoms with van der Waals surface area (Å²) in [6.07, 6.45) is 1.90. The minimum atomic E-state index is -0.144. The highest BCUT2D eigenvalue weighted by molar-refractivity contribution is 5.98. The Hall–Kier alpha value is -2.70. The van der Waals surface area contributed by atoms with Crippen molar-refractivity contribution in [3.8, 4) is 0 Å². The van der Waals surface area contributed by atoms with E-state index in [9.17, 15) is 9.59 Å². The van der Waals surface area contributed by atoms with Crippen LogP contribution < -0.4 is 10.6 Å². The van der Waals surface area contributed by atoms with Gasteiger partial charge in [-0.2, -0.15) is 0 Å². The lowest BCUT2D eigenvalue weighted by Crippen LogP contribution is -2.43. The van der Waals surface area contributed by atoms with Gasteiger partial charge in [0.15, 0.2) is 0 Å². The van der Waals surface area contributed by atoms with Crippen molar-refractivity contribution in [3.63, 3.8) is 0 Å². The van der Waals surface area contributed by atoms with Gasteiger partial charge in [-0.05, 0) is 36.6 Å². The number of carbonyl (C=O) groups is 2. The highest BCUT2D eigenvalue weighted by atomic mass is 16.5. The molecule has 152 valence electrons. The summed E-state index contributed by atoms with van der Waals surface area (Å²) < 4.78 is 5.44. The molecule has 1 aliphatic carbocycles. The smallest absolute Gasteiger partial charge is 0.251 e. The van der Waals surface area contributed by atoms with Gasteiger partial charge in [-0.25, -0.2) is 0 Å². The Morgan fingerprint density at radius 1 is 1.03 bits per heavy atom. The molecule has 0 aromatic heterocycles. The van der Waals surface area contributed by atoms with Crippen LogP contribution in [0.5, 0.6) is 0 Å². The Labute approximate surface area is 171 Å². The summed E-state index contributed by atoms with van der Waals surface area (Å²) in [6.45, 7) is 3.90. The molecule has 0 radical (unpaired) electrons. The average Bonchev–Trinajstić information content (AvgIpc) is 3.60. The third-order valence-electron chi connectivity index (χ3n) is 5.39. The molecule has 2 N–H and O–H groups in total. The molecule has 1 saturated heterocycles. The normalized spacial score (nSPS) is 18.1. The van der Waals surface area contributed by atoms with E-state index in [2.05, 4.69) is 15.5 Å². The SMILES string of the molecule is O=C(NC(CN1CCOCC1)c1ccccc1)c1cccc(NC(=O)C2CC2)c1. The average molecular weight is 393 g/mol. The number of amides is 2. The topological polar surface area (TPSA) is 70.7 Å². The Bertz CT molecular complexity index is 845. The van der Waals surface area contributed by atoms with E-state index in [1.165, 1.54) is 0 Å². The molecule has 2 amide bonds. The van der Waals surface area contributed by atoms with Gasteiger partial charge >= 0.3 is 0 Å². The molecule has 1 unspecified atom stereocenters. The molecule has 29 heavy (non-hydrogen) atoms. The van der Waals surface area contributed by atoms with Gasteiger partial charge < -0.3 is 15.4 Å². The Morgan fingerprint density at radius 3 is 2.52 bits per heavy atom. The van der Waals surface area contributed by atoms with E-state index in [4.69, 9.17) is 4.74 Å². The second-order valence-electron chi connectivity index (χ2n) is 7.69. The molecule has 1 saturated carbocycles. The van der Waals surface area contributed by atoms with Crippen LogP contribution in [0.15, 0.2) is 54.6 Å². The molecule has 0 spiro atoms. The van der Waals surface area contributed by atoms with Crippen molar-refractivity contribution >= 4 is 17.5 Å². The van der Waals surface area contributed by atoms with Crippen LogP contribution in [-0.4, -0.2) is 49.6 Å². The number of nitrogens with zero attached hydrogens (tertiary/aromatic N) is 1. The van der Waals surface area contributed by atoms with Gasteiger partial charge in [-0.15, -0.1) is 0 Å². The van der Waals surface area contributed by atoms with Crippen LogP contribution in [0, 0.1) is 5.92 Å². The zero-order chi connectivity index (χ0) is 20.1. The highest BCUT2D eigenvalue weighted by Gasteiger charge is 2.29. The Balaban J connectivity index is 1.46. The molecule has 2 aromatic carbocycles. The molecule has 2 aliphatic rings. The van der Waals surface area contributed by atoms with Gasteiger partial charge in [0.25, 0.3) is 5.91 Å². The predicted molar refractivity (Wildman–Crippen MR) is 112 cm³/mol. The number of benzene rings is 2. The number of rotatable bonds is 7. The number of ether oxygens (including phenoxy) is 1. The summed E-state index contributed by atoms with van der Waals surface area (Å²) in [7, 11) is 0. The fraction of sp³-hybridized carbons (Fsp3) is 0.391. The molecule has 6 nitrogen and oxygen atoms in total. The third kappa shape index (κ3) is 5.43. The summed E-state index contributed by atoms with van der Waals surface area (Å²) in [5.41, 5.74) is 2.28. The predicted octanol–water partition coefficient (Wildman–Crippen LogP) is 2.84. The molecular weight excluding hydrogens is 366 g/mol. The second-order valence-corrected chi connectivity index (χ2v) is 7.69. The first-order chi connectivity index (χ1) is 14.2. The molecule has 1 heterocycles. The molecular formula is C23H27N3O3. The van der Waals surface area contributed by atoms with Crippen LogP contribution in [0.2, 0.25) is 0 Å². The van der Waals surface area contributed by atoms with Crippen molar-refractivity contribution in [2.75, 3.05) is 38.2 Å². The summed E-state index contributed by atoms with van der Waals surface area (Å²) in [5.74, 6) is 0.0233. The minimum Gasteiger partial charge on any atom is -0.379 e. The van der Waals surface area contributed by atoms with Crippen molar-refractivity contribution in [2.45, 2.75) is 18.9 Å². The number of nitrogens with one attached hydrogen (secondary N) is 2. The van der Waals surface area contributed by atoms with E-state index in [-0.39, 0.29) is 23.8 Å². The fourth-order valence-corrected chi connectivity index (χ4v) is 3.53. The van der Waals surface area contributed by atoms with Gasteiger partial charge in [-0.1, -0.05) is 36.4 Å². The monoisotopic (exact) mass is 393 g/mol. The maximum Gasteiger partial charge on any atom is 0.251 e. The summed E-state index contributed by atoms with van der Waals surface area (Å²) in [6, 6.07) is 17.1. The van der Waals surface area contributed by atoms with Gasteiger partial charge in [0.05, 0.1) is 19.3 Å². The number of morpholine rings is 1. The molecule has 1 aliphatic heterocycles. The second kappa shape index (κ2) is 9.20. The lowest BCUT2D eigenvalue weighted by molar-refractivity contribution is -0.117. The summed E-state index contributed by atoms with van der Waals surface area (Å²) in [4.78, 5) is 27.3. The third-order valence-corrected chi connectivity index (χ3v) is 5.39. The standard InChI is InChI=1S/C23H27N3O3/c27-22(18-9-10-18)24-20-8-4-7-19(15-20)23(28)25-21(17-5-2-1-3-6-17)16-26-11-13-29-14-12-26/h1-8,15,18,21H,9-14,16H2,(H,24,27)(H,25,28). The molecule has 6 heteroatoms. The van der Waals surface area contributed by atoms with Gasteiger partial charge in [0.1, 0.15) is 0 Å². The van der Waals surface area contributed by atoms with E-state index in [0.717, 1.165) is 51.3 Å². The molecule has 1 atom stereocenters. The van der Waals surface area contributed by atoms with E-state index < -0.39 is 0 Å². The zero-order valence-corrected chi connectivity index (χ0v) is 16.5. The summed E-state index contributed by atoms with van der Waals surface area (Å²) >= 11 is 0. The Morgan fingerprint density at radius 2 is 1.79 bits per heavy atom. The number of anilines is 1. The lowest BCUT2D eigenvalue weighted by Gasteiger charge is -2.31. The van der Waals surface area contributed by atoms with Crippen LogP contribution >= 0.6 is 0 Å². The van der Waals surface area contributed by atoms with Crippen LogP contribution in [-0.2, 0) is 9.53 Å². The number of hydrogen-bond donors (Lipinski definition) is 2.